The zero-order chi connectivity index (χ0) is 24.1. The number of fused-ring (bicyclic) bond motifs is 9. The van der Waals surface area contributed by atoms with Crippen LogP contribution in [0.5, 0.6) is 0 Å². The quantitative estimate of drug-likeness (QED) is 0.259. The third-order valence-electron chi connectivity index (χ3n) is 7.64. The van der Waals surface area contributed by atoms with E-state index in [0.29, 0.717) is 0 Å². The molecule has 6 heteroatoms. The van der Waals surface area contributed by atoms with E-state index < -0.39 is 0 Å². The fraction of sp³-hybridized carbons (Fsp3) is 0. The minimum atomic E-state index is 0.268. The summed E-state index contributed by atoms with van der Waals surface area (Å²) in [5.41, 5.74) is 9.92. The maximum absolute atomic E-state index is 5.11. The number of hydrogen-bond acceptors (Lipinski definition) is 3. The van der Waals surface area contributed by atoms with Crippen molar-refractivity contribution in [1.29, 1.82) is 0 Å². The Hall–Kier alpha value is -3.87. The van der Waals surface area contributed by atoms with E-state index in [0.717, 1.165) is 22.5 Å². The average molecular weight is 507 g/mol. The predicted octanol–water partition coefficient (Wildman–Crippen LogP) is 5.88. The molecule has 0 saturated heterocycles. The van der Waals surface area contributed by atoms with Crippen molar-refractivity contribution in [3.8, 4) is 5.69 Å². The van der Waals surface area contributed by atoms with Gasteiger partial charge in [-0.15, -0.1) is 0 Å². The second-order valence-corrected chi connectivity index (χ2v) is 11.8. The highest BCUT2D eigenvalue weighted by molar-refractivity contribution is 8.01. The van der Waals surface area contributed by atoms with Crippen molar-refractivity contribution in [3.63, 3.8) is 0 Å². The Kier molecular flexibility index (Phi) is 4.01. The molecule has 0 N–H and O–H groups in total. The molecule has 0 radical (unpaired) electrons. The zero-order valence-corrected chi connectivity index (χ0v) is 21.3. The number of hydrogen-bond donors (Lipinski definition) is 0. The zero-order valence-electron chi connectivity index (χ0n) is 19.6. The summed E-state index contributed by atoms with van der Waals surface area (Å²) in [6, 6.07) is 39.6. The van der Waals surface area contributed by atoms with Crippen molar-refractivity contribution in [2.75, 3.05) is 0 Å². The molecular weight excluding hydrogens is 489 g/mol. The van der Waals surface area contributed by atoms with Crippen molar-refractivity contribution >= 4 is 74.5 Å². The van der Waals surface area contributed by atoms with Crippen LogP contribution in [0.2, 0.25) is 0 Å². The Morgan fingerprint density at radius 2 is 1.14 bits per heavy atom. The highest BCUT2D eigenvalue weighted by Crippen LogP contribution is 2.40. The molecule has 0 amide bonds. The molecule has 2 aromatic heterocycles. The molecule has 0 spiro atoms. The Morgan fingerprint density at radius 1 is 0.568 bits per heavy atom. The molecule has 2 aliphatic heterocycles. The first kappa shape index (κ1) is 20.2. The summed E-state index contributed by atoms with van der Waals surface area (Å²) in [5.74, 6) is 0.952. The summed E-state index contributed by atoms with van der Waals surface area (Å²) in [6.45, 7) is 0.268. The lowest BCUT2D eigenvalue weighted by Crippen LogP contribution is -2.58. The largest absolute Gasteiger partial charge is 0.278 e. The van der Waals surface area contributed by atoms with Crippen LogP contribution in [0.15, 0.2) is 129 Å². The number of benzene rings is 5. The standard InChI is InChI=1S/C31H18BN3S2/c1-7-15-26-20(9-1)32-21-10-2-8-16-27(21)37-29-18-19(17-28(36-26)30(29)32)34-24-13-5-6-14-25(24)35-23-12-4-3-11-22(23)33-31(34)35/h1-18H. The highest BCUT2D eigenvalue weighted by atomic mass is 32.2. The van der Waals surface area contributed by atoms with Crippen LogP contribution in [0.25, 0.3) is 33.5 Å². The summed E-state index contributed by atoms with van der Waals surface area (Å²) >= 11 is 3.80. The summed E-state index contributed by atoms with van der Waals surface area (Å²) in [6.07, 6.45) is 0. The average Bonchev–Trinajstić information content (AvgIpc) is 3.47. The summed E-state index contributed by atoms with van der Waals surface area (Å²) in [5, 5.41) is 0. The van der Waals surface area contributed by atoms with Gasteiger partial charge in [-0.2, -0.15) is 0 Å². The smallest absolute Gasteiger partial charge is 0.247 e. The van der Waals surface area contributed by atoms with Crippen LogP contribution in [-0.2, 0) is 0 Å². The molecule has 7 aromatic rings. The Balaban J connectivity index is 1.37. The van der Waals surface area contributed by atoms with Crippen molar-refractivity contribution in [3.05, 3.63) is 109 Å². The second-order valence-electron chi connectivity index (χ2n) is 9.63. The lowest BCUT2D eigenvalue weighted by molar-refractivity contribution is 1.09. The number of nitrogens with zero attached hydrogens (tertiary/aromatic N) is 3. The minimum Gasteiger partial charge on any atom is -0.278 e. The SMILES string of the molecule is c1ccc2c(c1)Sc1cc(-n3c4ccccc4n4c5ccccc5nc34)cc3c1B2c1ccccc1S3. The van der Waals surface area contributed by atoms with E-state index in [4.69, 9.17) is 4.98 Å². The van der Waals surface area contributed by atoms with Crippen LogP contribution in [0.1, 0.15) is 0 Å². The first-order chi connectivity index (χ1) is 18.3. The Morgan fingerprint density at radius 3 is 1.84 bits per heavy atom. The normalized spacial score (nSPS) is 13.7. The van der Waals surface area contributed by atoms with Gasteiger partial charge >= 0.3 is 0 Å². The van der Waals surface area contributed by atoms with E-state index in [1.165, 1.54) is 47.0 Å². The number of imidazole rings is 2. The topological polar surface area (TPSA) is 22.2 Å². The van der Waals surface area contributed by atoms with Crippen LogP contribution in [0.3, 0.4) is 0 Å². The van der Waals surface area contributed by atoms with E-state index in [-0.39, 0.29) is 6.71 Å². The molecule has 9 rings (SSSR count). The van der Waals surface area contributed by atoms with E-state index in [1.807, 2.05) is 23.5 Å². The van der Waals surface area contributed by atoms with Gasteiger partial charge in [-0.1, -0.05) is 95.1 Å². The fourth-order valence-corrected chi connectivity index (χ4v) is 8.59. The summed E-state index contributed by atoms with van der Waals surface area (Å²) < 4.78 is 4.63. The monoisotopic (exact) mass is 507 g/mol. The summed E-state index contributed by atoms with van der Waals surface area (Å²) in [7, 11) is 0. The van der Waals surface area contributed by atoms with Crippen LogP contribution in [-0.4, -0.2) is 20.7 Å². The van der Waals surface area contributed by atoms with Gasteiger partial charge in [-0.3, -0.25) is 8.97 Å². The third-order valence-corrected chi connectivity index (χ3v) is 9.94. The molecule has 0 aliphatic carbocycles. The number of aromatic nitrogens is 3. The fourth-order valence-electron chi connectivity index (χ4n) is 6.11. The number of para-hydroxylation sites is 4. The van der Waals surface area contributed by atoms with Crippen LogP contribution in [0.4, 0.5) is 0 Å². The van der Waals surface area contributed by atoms with Gasteiger partial charge in [0.1, 0.15) is 0 Å². The molecule has 5 aromatic carbocycles. The van der Waals surface area contributed by atoms with Gasteiger partial charge in [-0.25, -0.2) is 4.98 Å². The molecule has 0 atom stereocenters. The van der Waals surface area contributed by atoms with Gasteiger partial charge in [0.2, 0.25) is 12.5 Å². The van der Waals surface area contributed by atoms with Crippen LogP contribution >= 0.6 is 23.5 Å². The second kappa shape index (κ2) is 7.34. The van der Waals surface area contributed by atoms with Crippen molar-refractivity contribution < 1.29 is 0 Å². The number of rotatable bonds is 1. The first-order valence-corrected chi connectivity index (χ1v) is 14.1. The van der Waals surface area contributed by atoms with E-state index in [1.54, 1.807) is 0 Å². The molecule has 4 heterocycles. The molecule has 0 fully saturated rings. The first-order valence-electron chi connectivity index (χ1n) is 12.4. The van der Waals surface area contributed by atoms with E-state index >= 15 is 0 Å². The van der Waals surface area contributed by atoms with Crippen molar-refractivity contribution in [2.45, 2.75) is 19.6 Å². The van der Waals surface area contributed by atoms with E-state index in [2.05, 4.69) is 118 Å². The van der Waals surface area contributed by atoms with Gasteiger partial charge in [0.05, 0.1) is 27.8 Å². The molecule has 0 bridgehead atoms. The molecule has 172 valence electrons. The van der Waals surface area contributed by atoms with Crippen molar-refractivity contribution in [1.82, 2.24) is 14.0 Å². The van der Waals surface area contributed by atoms with Gasteiger partial charge in [0, 0.05) is 19.6 Å². The van der Waals surface area contributed by atoms with Gasteiger partial charge in [-0.05, 0) is 54.0 Å². The Bertz CT molecular complexity index is 2000. The lowest BCUT2D eigenvalue weighted by atomic mass is 9.36. The Labute approximate surface area is 222 Å². The van der Waals surface area contributed by atoms with Crippen molar-refractivity contribution in [2.24, 2.45) is 0 Å². The van der Waals surface area contributed by atoms with Gasteiger partial charge in [0.25, 0.3) is 0 Å². The molecule has 37 heavy (non-hydrogen) atoms. The van der Waals surface area contributed by atoms with Crippen LogP contribution < -0.4 is 16.4 Å². The summed E-state index contributed by atoms with van der Waals surface area (Å²) in [4.78, 5) is 10.5. The lowest BCUT2D eigenvalue weighted by Gasteiger charge is -2.33. The maximum Gasteiger partial charge on any atom is 0.247 e. The predicted molar refractivity (Wildman–Crippen MR) is 155 cm³/mol. The van der Waals surface area contributed by atoms with Crippen LogP contribution in [0, 0.1) is 0 Å². The van der Waals surface area contributed by atoms with E-state index in [9.17, 15) is 0 Å². The maximum atomic E-state index is 5.11. The minimum absolute atomic E-state index is 0.268. The highest BCUT2D eigenvalue weighted by Gasteiger charge is 2.38. The third kappa shape index (κ3) is 2.69. The molecule has 0 unspecified atom stereocenters. The molecule has 2 aliphatic rings. The van der Waals surface area contributed by atoms with Gasteiger partial charge < -0.3 is 0 Å². The van der Waals surface area contributed by atoms with Gasteiger partial charge in [0.15, 0.2) is 0 Å². The molecular formula is C31H18BN3S2. The molecule has 3 nitrogen and oxygen atoms in total. The molecule has 0 saturated carbocycles.